The van der Waals surface area contributed by atoms with Crippen LogP contribution < -0.4 is 5.32 Å². The van der Waals surface area contributed by atoms with Crippen LogP contribution in [0.1, 0.15) is 11.3 Å². The highest BCUT2D eigenvalue weighted by Crippen LogP contribution is 2.39. The SMILES string of the molecule is Clc1ccc(Sc2ccc(Cl)c3c4c([nH]c23)CCNC4)cc1. The van der Waals surface area contributed by atoms with E-state index in [1.165, 1.54) is 21.0 Å². The Bertz CT molecular complexity index is 840. The average Bonchev–Trinajstić information content (AvgIpc) is 2.93. The summed E-state index contributed by atoms with van der Waals surface area (Å²) in [6.07, 6.45) is 1.02. The first kappa shape index (κ1) is 14.5. The Morgan fingerprint density at radius 1 is 1.00 bits per heavy atom. The Labute approximate surface area is 143 Å². The Morgan fingerprint density at radius 2 is 1.82 bits per heavy atom. The fourth-order valence-corrected chi connectivity index (χ4v) is 4.22. The number of rotatable bonds is 2. The first-order chi connectivity index (χ1) is 10.7. The molecule has 0 unspecified atom stereocenters. The minimum atomic E-state index is 0.756. The van der Waals surface area contributed by atoms with Crippen LogP contribution in [0.3, 0.4) is 0 Å². The third kappa shape index (κ3) is 2.52. The molecule has 0 fully saturated rings. The number of nitrogens with one attached hydrogen (secondary N) is 2. The second-order valence-electron chi connectivity index (χ2n) is 5.36. The molecule has 2 aromatic carbocycles. The number of hydrogen-bond donors (Lipinski definition) is 2. The minimum Gasteiger partial charge on any atom is -0.357 e. The van der Waals surface area contributed by atoms with Gasteiger partial charge in [0.15, 0.2) is 0 Å². The lowest BCUT2D eigenvalue weighted by Gasteiger charge is -2.12. The van der Waals surface area contributed by atoms with Crippen LogP contribution in [0.5, 0.6) is 0 Å². The molecule has 4 rings (SSSR count). The molecule has 0 amide bonds. The highest BCUT2D eigenvalue weighted by molar-refractivity contribution is 7.99. The molecule has 2 N–H and O–H groups in total. The van der Waals surface area contributed by atoms with Gasteiger partial charge in [-0.15, -0.1) is 0 Å². The predicted octanol–water partition coefficient (Wildman–Crippen LogP) is 5.27. The standard InChI is InChI=1S/C17H14Cl2N2S/c18-10-1-3-11(4-2-10)22-15-6-5-13(19)16-12-9-20-8-7-14(12)21-17(15)16/h1-6,20-21H,7-9H2. The molecule has 1 aliphatic rings. The summed E-state index contributed by atoms with van der Waals surface area (Å²) in [5, 5.41) is 6.15. The molecular weight excluding hydrogens is 335 g/mol. The van der Waals surface area contributed by atoms with Gasteiger partial charge in [0.2, 0.25) is 0 Å². The van der Waals surface area contributed by atoms with Crippen molar-refractivity contribution in [2.75, 3.05) is 6.54 Å². The van der Waals surface area contributed by atoms with E-state index in [1.54, 1.807) is 11.8 Å². The molecule has 0 aliphatic carbocycles. The molecule has 0 radical (unpaired) electrons. The topological polar surface area (TPSA) is 27.8 Å². The molecule has 0 atom stereocenters. The zero-order valence-electron chi connectivity index (χ0n) is 11.7. The van der Waals surface area contributed by atoms with Crippen LogP contribution in [-0.4, -0.2) is 11.5 Å². The van der Waals surface area contributed by atoms with Crippen LogP contribution in [0.4, 0.5) is 0 Å². The Kier molecular flexibility index (Phi) is 3.82. The number of halogens is 2. The van der Waals surface area contributed by atoms with Gasteiger partial charge in [0.25, 0.3) is 0 Å². The first-order valence-electron chi connectivity index (χ1n) is 7.18. The lowest BCUT2D eigenvalue weighted by atomic mass is 10.1. The smallest absolute Gasteiger partial charge is 0.0616 e. The molecular formula is C17H14Cl2N2S. The zero-order chi connectivity index (χ0) is 15.1. The molecule has 5 heteroatoms. The lowest BCUT2D eigenvalue weighted by Crippen LogP contribution is -2.22. The van der Waals surface area contributed by atoms with Crippen LogP contribution in [0.2, 0.25) is 10.0 Å². The first-order valence-corrected chi connectivity index (χ1v) is 8.75. The maximum atomic E-state index is 6.46. The summed E-state index contributed by atoms with van der Waals surface area (Å²) in [4.78, 5) is 5.94. The third-order valence-electron chi connectivity index (χ3n) is 3.95. The zero-order valence-corrected chi connectivity index (χ0v) is 14.1. The summed E-state index contributed by atoms with van der Waals surface area (Å²) in [6.45, 7) is 1.89. The molecule has 2 heterocycles. The van der Waals surface area contributed by atoms with E-state index in [9.17, 15) is 0 Å². The molecule has 22 heavy (non-hydrogen) atoms. The third-order valence-corrected chi connectivity index (χ3v) is 5.59. The lowest BCUT2D eigenvalue weighted by molar-refractivity contribution is 0.641. The van der Waals surface area contributed by atoms with Gasteiger partial charge in [-0.3, -0.25) is 0 Å². The van der Waals surface area contributed by atoms with E-state index in [1.807, 2.05) is 30.3 Å². The van der Waals surface area contributed by atoms with E-state index in [2.05, 4.69) is 16.4 Å². The van der Waals surface area contributed by atoms with E-state index in [4.69, 9.17) is 23.2 Å². The van der Waals surface area contributed by atoms with Gasteiger partial charge in [0, 0.05) is 45.4 Å². The van der Waals surface area contributed by atoms with Crippen LogP contribution in [0.15, 0.2) is 46.2 Å². The van der Waals surface area contributed by atoms with E-state index in [-0.39, 0.29) is 0 Å². The van der Waals surface area contributed by atoms with Crippen LogP contribution >= 0.6 is 35.0 Å². The van der Waals surface area contributed by atoms with Crippen molar-refractivity contribution >= 4 is 45.9 Å². The fraction of sp³-hybridized carbons (Fsp3) is 0.176. The number of aromatic amines is 1. The summed E-state index contributed by atoms with van der Waals surface area (Å²) < 4.78 is 0. The van der Waals surface area contributed by atoms with Crippen molar-refractivity contribution in [3.05, 3.63) is 57.7 Å². The van der Waals surface area contributed by atoms with Crippen LogP contribution in [0, 0.1) is 0 Å². The molecule has 112 valence electrons. The van der Waals surface area contributed by atoms with Crippen molar-refractivity contribution in [2.45, 2.75) is 22.8 Å². The summed E-state index contributed by atoms with van der Waals surface area (Å²) >= 11 is 14.1. The minimum absolute atomic E-state index is 0.756. The summed E-state index contributed by atoms with van der Waals surface area (Å²) in [5.74, 6) is 0. The van der Waals surface area contributed by atoms with Crippen molar-refractivity contribution in [1.82, 2.24) is 10.3 Å². The average molecular weight is 349 g/mol. The van der Waals surface area contributed by atoms with Crippen molar-refractivity contribution in [3.8, 4) is 0 Å². The molecule has 1 aromatic heterocycles. The molecule has 2 nitrogen and oxygen atoms in total. The highest BCUT2D eigenvalue weighted by atomic mass is 35.5. The van der Waals surface area contributed by atoms with Crippen LogP contribution in [0.25, 0.3) is 10.9 Å². The number of fused-ring (bicyclic) bond motifs is 3. The van der Waals surface area contributed by atoms with Gasteiger partial charge in [0.05, 0.1) is 10.5 Å². The second-order valence-corrected chi connectivity index (χ2v) is 7.32. The Balaban J connectivity index is 1.82. The van der Waals surface area contributed by atoms with Crippen LogP contribution in [-0.2, 0) is 13.0 Å². The Hall–Kier alpha value is -1.13. The van der Waals surface area contributed by atoms with Gasteiger partial charge in [0.1, 0.15) is 0 Å². The summed E-state index contributed by atoms with van der Waals surface area (Å²) in [6, 6.07) is 12.0. The molecule has 0 spiro atoms. The van der Waals surface area contributed by atoms with Gasteiger partial charge in [-0.2, -0.15) is 0 Å². The second kappa shape index (κ2) is 5.82. The van der Waals surface area contributed by atoms with Gasteiger partial charge >= 0.3 is 0 Å². The molecule has 0 bridgehead atoms. The molecule has 0 saturated heterocycles. The van der Waals surface area contributed by atoms with Crippen molar-refractivity contribution in [3.63, 3.8) is 0 Å². The monoisotopic (exact) mass is 348 g/mol. The van der Waals surface area contributed by atoms with Crippen molar-refractivity contribution in [1.29, 1.82) is 0 Å². The number of H-pyrrole nitrogens is 1. The number of benzene rings is 2. The van der Waals surface area contributed by atoms with E-state index >= 15 is 0 Å². The maximum Gasteiger partial charge on any atom is 0.0616 e. The summed E-state index contributed by atoms with van der Waals surface area (Å²) in [5.41, 5.74) is 3.76. The Morgan fingerprint density at radius 3 is 2.64 bits per heavy atom. The maximum absolute atomic E-state index is 6.46. The molecule has 0 saturated carbocycles. The quantitative estimate of drug-likeness (QED) is 0.659. The fourth-order valence-electron chi connectivity index (χ4n) is 2.90. The van der Waals surface area contributed by atoms with Gasteiger partial charge in [-0.05, 0) is 42.0 Å². The van der Waals surface area contributed by atoms with Gasteiger partial charge < -0.3 is 10.3 Å². The largest absolute Gasteiger partial charge is 0.357 e. The van der Waals surface area contributed by atoms with Gasteiger partial charge in [-0.1, -0.05) is 35.0 Å². The van der Waals surface area contributed by atoms with E-state index in [0.717, 1.165) is 40.5 Å². The van der Waals surface area contributed by atoms with Gasteiger partial charge in [-0.25, -0.2) is 0 Å². The highest BCUT2D eigenvalue weighted by Gasteiger charge is 2.19. The van der Waals surface area contributed by atoms with E-state index < -0.39 is 0 Å². The molecule has 3 aromatic rings. The normalized spacial score (nSPS) is 14.3. The number of hydrogen-bond acceptors (Lipinski definition) is 2. The summed E-state index contributed by atoms with van der Waals surface area (Å²) in [7, 11) is 0. The predicted molar refractivity (Wildman–Crippen MR) is 94.3 cm³/mol. The molecule has 1 aliphatic heterocycles. The van der Waals surface area contributed by atoms with Crippen molar-refractivity contribution < 1.29 is 0 Å². The van der Waals surface area contributed by atoms with Crippen molar-refractivity contribution in [2.24, 2.45) is 0 Å². The van der Waals surface area contributed by atoms with E-state index in [0.29, 0.717) is 0 Å². The number of aromatic nitrogens is 1.